The summed E-state index contributed by atoms with van der Waals surface area (Å²) < 4.78 is 0. The van der Waals surface area contributed by atoms with Gasteiger partial charge in [0.2, 0.25) is 0 Å². The molecule has 0 spiro atoms. The Bertz CT molecular complexity index is 940. The van der Waals surface area contributed by atoms with E-state index in [4.69, 9.17) is 16.6 Å². The van der Waals surface area contributed by atoms with Crippen LogP contribution >= 0.6 is 11.6 Å². The summed E-state index contributed by atoms with van der Waals surface area (Å²) in [5, 5.41) is 7.99. The third-order valence-electron chi connectivity index (χ3n) is 6.94. The first-order chi connectivity index (χ1) is 14.2. The van der Waals surface area contributed by atoms with Gasteiger partial charge < -0.3 is 10.6 Å². The van der Waals surface area contributed by atoms with E-state index < -0.39 is 0 Å². The van der Waals surface area contributed by atoms with Gasteiger partial charge in [0.05, 0.1) is 0 Å². The average molecular weight is 426 g/mol. The quantitative estimate of drug-likeness (QED) is 0.703. The first-order valence-corrected chi connectivity index (χ1v) is 11.8. The van der Waals surface area contributed by atoms with E-state index in [1.165, 1.54) is 39.1 Å². The Morgan fingerprint density at radius 1 is 0.900 bits per heavy atom. The summed E-state index contributed by atoms with van der Waals surface area (Å²) in [6.07, 6.45) is 6.36. The van der Waals surface area contributed by atoms with Crippen molar-refractivity contribution in [1.82, 2.24) is 15.6 Å². The standard InChI is InChI=1S/C26H36ClN3/c1-25(2,3)23-16-30-24(19-8-11-29-15-21(19)23)6-9-26(4,5)22-13-18(27)12-17-7-10-28-14-20(17)22/h12-13,16,28-29H,6-11,14-15H2,1-5H3. The van der Waals surface area contributed by atoms with Crippen molar-refractivity contribution in [2.45, 2.75) is 84.2 Å². The maximum atomic E-state index is 6.52. The van der Waals surface area contributed by atoms with E-state index in [1.54, 1.807) is 0 Å². The van der Waals surface area contributed by atoms with Gasteiger partial charge in [-0.2, -0.15) is 0 Å². The maximum absolute atomic E-state index is 6.52. The Balaban J connectivity index is 1.63. The maximum Gasteiger partial charge on any atom is 0.0439 e. The van der Waals surface area contributed by atoms with Crippen LogP contribution in [-0.4, -0.2) is 18.1 Å². The highest BCUT2D eigenvalue weighted by atomic mass is 35.5. The third kappa shape index (κ3) is 4.30. The number of rotatable bonds is 4. The number of nitrogens with one attached hydrogen (secondary N) is 2. The lowest BCUT2D eigenvalue weighted by Gasteiger charge is -2.33. The molecule has 0 saturated heterocycles. The summed E-state index contributed by atoms with van der Waals surface area (Å²) in [5.41, 5.74) is 10.1. The second kappa shape index (κ2) is 8.26. The predicted molar refractivity (Wildman–Crippen MR) is 127 cm³/mol. The van der Waals surface area contributed by atoms with Crippen LogP contribution < -0.4 is 10.6 Å². The number of nitrogens with zero attached hydrogens (tertiary/aromatic N) is 1. The summed E-state index contributed by atoms with van der Waals surface area (Å²) >= 11 is 6.52. The second-order valence-corrected chi connectivity index (χ2v) is 11.1. The molecule has 0 bridgehead atoms. The molecule has 0 fully saturated rings. The molecule has 0 aliphatic carbocycles. The van der Waals surface area contributed by atoms with Gasteiger partial charge in [-0.15, -0.1) is 0 Å². The molecule has 1 aromatic carbocycles. The molecule has 2 aliphatic heterocycles. The van der Waals surface area contributed by atoms with Gasteiger partial charge in [-0.05, 0) is 95.1 Å². The molecule has 4 rings (SSSR count). The van der Waals surface area contributed by atoms with E-state index in [0.29, 0.717) is 0 Å². The molecule has 2 N–H and O–H groups in total. The van der Waals surface area contributed by atoms with Gasteiger partial charge in [0.15, 0.2) is 0 Å². The summed E-state index contributed by atoms with van der Waals surface area (Å²) in [6, 6.07) is 4.36. The third-order valence-corrected chi connectivity index (χ3v) is 7.16. The minimum Gasteiger partial charge on any atom is -0.312 e. The van der Waals surface area contributed by atoms with Crippen molar-refractivity contribution in [2.24, 2.45) is 0 Å². The van der Waals surface area contributed by atoms with Crippen molar-refractivity contribution >= 4 is 11.6 Å². The first kappa shape index (κ1) is 21.8. The van der Waals surface area contributed by atoms with Crippen LogP contribution in [0.15, 0.2) is 18.3 Å². The van der Waals surface area contributed by atoms with Crippen LogP contribution in [0.3, 0.4) is 0 Å². The highest BCUT2D eigenvalue weighted by molar-refractivity contribution is 6.30. The Labute approximate surface area is 187 Å². The van der Waals surface area contributed by atoms with Crippen LogP contribution in [0, 0.1) is 0 Å². The molecular formula is C26H36ClN3. The van der Waals surface area contributed by atoms with Gasteiger partial charge >= 0.3 is 0 Å². The summed E-state index contributed by atoms with van der Waals surface area (Å²) in [5.74, 6) is 0. The Morgan fingerprint density at radius 2 is 1.60 bits per heavy atom. The lowest BCUT2D eigenvalue weighted by molar-refractivity contribution is 0.463. The lowest BCUT2D eigenvalue weighted by atomic mass is 9.75. The molecule has 2 aliphatic rings. The number of pyridine rings is 1. The fraction of sp³-hybridized carbons (Fsp3) is 0.577. The predicted octanol–water partition coefficient (Wildman–Crippen LogP) is 5.23. The number of hydrogen-bond acceptors (Lipinski definition) is 3. The molecule has 0 atom stereocenters. The zero-order valence-corrected chi connectivity index (χ0v) is 20.0. The summed E-state index contributed by atoms with van der Waals surface area (Å²) in [4.78, 5) is 4.99. The van der Waals surface area contributed by atoms with Crippen LogP contribution in [0.25, 0.3) is 0 Å². The van der Waals surface area contributed by atoms with Gasteiger partial charge in [0, 0.05) is 30.0 Å². The lowest BCUT2D eigenvalue weighted by Crippen LogP contribution is -2.30. The van der Waals surface area contributed by atoms with Gasteiger partial charge in [-0.1, -0.05) is 46.2 Å². The van der Waals surface area contributed by atoms with Crippen molar-refractivity contribution in [3.05, 3.63) is 62.4 Å². The van der Waals surface area contributed by atoms with E-state index >= 15 is 0 Å². The van der Waals surface area contributed by atoms with Crippen LogP contribution in [0.1, 0.15) is 80.1 Å². The SMILES string of the molecule is CC(C)(C)c1cnc(CCC(C)(C)c2cc(Cl)cc3c2CNCC3)c2c1CNCC2. The number of hydrogen-bond donors (Lipinski definition) is 2. The molecule has 0 radical (unpaired) electrons. The molecular weight excluding hydrogens is 390 g/mol. The zero-order chi connectivity index (χ0) is 21.5. The van der Waals surface area contributed by atoms with E-state index in [1.807, 2.05) is 0 Å². The zero-order valence-electron chi connectivity index (χ0n) is 19.2. The number of benzene rings is 1. The van der Waals surface area contributed by atoms with Gasteiger partial charge in [0.25, 0.3) is 0 Å². The fourth-order valence-corrected chi connectivity index (χ4v) is 5.39. The van der Waals surface area contributed by atoms with E-state index in [2.05, 4.69) is 63.6 Å². The first-order valence-electron chi connectivity index (χ1n) is 11.4. The molecule has 0 saturated carbocycles. The molecule has 0 unspecified atom stereocenters. The van der Waals surface area contributed by atoms with Crippen LogP contribution in [-0.2, 0) is 43.2 Å². The molecule has 3 nitrogen and oxygen atoms in total. The minimum atomic E-state index is 0.0538. The molecule has 30 heavy (non-hydrogen) atoms. The highest BCUT2D eigenvalue weighted by Gasteiger charge is 2.29. The van der Waals surface area contributed by atoms with Gasteiger partial charge in [-0.25, -0.2) is 0 Å². The van der Waals surface area contributed by atoms with Crippen molar-refractivity contribution in [3.63, 3.8) is 0 Å². The summed E-state index contributed by atoms with van der Waals surface area (Å²) in [7, 11) is 0. The Kier molecular flexibility index (Phi) is 6.00. The fourth-order valence-electron chi connectivity index (χ4n) is 5.15. The average Bonchev–Trinajstić information content (AvgIpc) is 2.70. The molecule has 1 aromatic heterocycles. The van der Waals surface area contributed by atoms with Crippen LogP contribution in [0.2, 0.25) is 5.02 Å². The van der Waals surface area contributed by atoms with Crippen molar-refractivity contribution in [2.75, 3.05) is 13.1 Å². The number of fused-ring (bicyclic) bond motifs is 2. The van der Waals surface area contributed by atoms with Crippen molar-refractivity contribution in [1.29, 1.82) is 0 Å². The molecule has 0 amide bonds. The highest BCUT2D eigenvalue weighted by Crippen LogP contribution is 2.37. The van der Waals surface area contributed by atoms with Gasteiger partial charge in [-0.3, -0.25) is 4.98 Å². The van der Waals surface area contributed by atoms with E-state index in [0.717, 1.165) is 56.9 Å². The van der Waals surface area contributed by atoms with Gasteiger partial charge in [0.1, 0.15) is 0 Å². The topological polar surface area (TPSA) is 37.0 Å². The van der Waals surface area contributed by atoms with Crippen molar-refractivity contribution in [3.8, 4) is 0 Å². The monoisotopic (exact) mass is 425 g/mol. The van der Waals surface area contributed by atoms with Crippen molar-refractivity contribution < 1.29 is 0 Å². The Morgan fingerprint density at radius 3 is 2.33 bits per heavy atom. The smallest absolute Gasteiger partial charge is 0.0439 e. The number of halogens is 1. The molecule has 2 aromatic rings. The molecule has 4 heteroatoms. The second-order valence-electron chi connectivity index (χ2n) is 10.7. The largest absolute Gasteiger partial charge is 0.312 e. The Hall–Kier alpha value is -1.42. The molecule has 162 valence electrons. The number of aryl methyl sites for hydroxylation is 1. The van der Waals surface area contributed by atoms with Crippen LogP contribution in [0.5, 0.6) is 0 Å². The summed E-state index contributed by atoms with van der Waals surface area (Å²) in [6.45, 7) is 15.6. The molecule has 3 heterocycles. The minimum absolute atomic E-state index is 0.0538. The van der Waals surface area contributed by atoms with E-state index in [-0.39, 0.29) is 10.8 Å². The van der Waals surface area contributed by atoms with E-state index in [9.17, 15) is 0 Å². The van der Waals surface area contributed by atoms with Crippen LogP contribution in [0.4, 0.5) is 0 Å². The normalized spacial score (nSPS) is 16.9. The number of aromatic nitrogens is 1.